The lowest BCUT2D eigenvalue weighted by atomic mass is 9.95. The van der Waals surface area contributed by atoms with Gasteiger partial charge in [0, 0.05) is 31.7 Å². The molecule has 1 heterocycles. The molecule has 0 aliphatic carbocycles. The van der Waals surface area contributed by atoms with E-state index in [1.807, 2.05) is 0 Å². The molecule has 0 fully saturated rings. The third-order valence-corrected chi connectivity index (χ3v) is 6.12. The van der Waals surface area contributed by atoms with Crippen molar-refractivity contribution >= 4 is 70.3 Å². The van der Waals surface area contributed by atoms with E-state index < -0.39 is 28.1 Å². The summed E-state index contributed by atoms with van der Waals surface area (Å²) in [5.74, 6) is -0.631. The SMILES string of the molecule is O=C(Nc1c(Br)cc(C(F)(C(F)(F)F)C(F)(F)Br)cc1Br)c1ccc2ncccc2c1. The number of anilines is 1. The number of aromatic nitrogens is 1. The molecule has 1 unspecified atom stereocenters. The standard InChI is InChI=1S/C19H9Br3F6N2O/c20-12-7-11(17(23,18(22,24)25)19(26,27)28)8-13(21)15(12)30-16(31)10-3-4-14-9(6-10)2-1-5-29-14/h1-8H,(H,30,31). The van der Waals surface area contributed by atoms with E-state index in [2.05, 4.69) is 42.2 Å². The number of rotatable bonds is 4. The fraction of sp³-hybridized carbons (Fsp3) is 0.158. The van der Waals surface area contributed by atoms with Crippen LogP contribution in [0.5, 0.6) is 0 Å². The van der Waals surface area contributed by atoms with Gasteiger partial charge in [-0.15, -0.1) is 0 Å². The van der Waals surface area contributed by atoms with Crippen molar-refractivity contribution in [1.29, 1.82) is 0 Å². The van der Waals surface area contributed by atoms with Crippen LogP contribution in [0.2, 0.25) is 0 Å². The van der Waals surface area contributed by atoms with Gasteiger partial charge < -0.3 is 5.32 Å². The van der Waals surface area contributed by atoms with Crippen LogP contribution in [-0.2, 0) is 5.67 Å². The van der Waals surface area contributed by atoms with Gasteiger partial charge in [-0.1, -0.05) is 6.07 Å². The highest BCUT2D eigenvalue weighted by atomic mass is 79.9. The van der Waals surface area contributed by atoms with Crippen LogP contribution in [0.1, 0.15) is 15.9 Å². The number of hydrogen-bond donors (Lipinski definition) is 1. The minimum atomic E-state index is -5.93. The van der Waals surface area contributed by atoms with Crippen LogP contribution < -0.4 is 5.32 Å². The van der Waals surface area contributed by atoms with Crippen LogP contribution in [0.25, 0.3) is 10.9 Å². The molecule has 12 heteroatoms. The number of halogens is 9. The van der Waals surface area contributed by atoms with Gasteiger partial charge in [0.25, 0.3) is 5.91 Å². The van der Waals surface area contributed by atoms with E-state index in [1.165, 1.54) is 22.0 Å². The highest BCUT2D eigenvalue weighted by molar-refractivity contribution is 9.11. The summed E-state index contributed by atoms with van der Waals surface area (Å²) in [5, 5.41) is 3.14. The number of hydrogen-bond acceptors (Lipinski definition) is 2. The number of carbonyl (C=O) groups excluding carboxylic acids is 1. The van der Waals surface area contributed by atoms with Gasteiger partial charge in [0.1, 0.15) is 0 Å². The first-order valence-electron chi connectivity index (χ1n) is 8.23. The van der Waals surface area contributed by atoms with Crippen molar-refractivity contribution in [3.05, 3.63) is 68.7 Å². The number of nitrogens with one attached hydrogen (secondary N) is 1. The van der Waals surface area contributed by atoms with Gasteiger partial charge in [0.2, 0.25) is 0 Å². The Morgan fingerprint density at radius 2 is 1.55 bits per heavy atom. The monoisotopic (exact) mass is 632 g/mol. The Kier molecular flexibility index (Phi) is 6.47. The van der Waals surface area contributed by atoms with E-state index in [0.29, 0.717) is 23.0 Å². The number of amides is 1. The zero-order valence-corrected chi connectivity index (χ0v) is 19.6. The van der Waals surface area contributed by atoms with Crippen LogP contribution in [-0.4, -0.2) is 21.9 Å². The summed E-state index contributed by atoms with van der Waals surface area (Å²) in [5.41, 5.74) is -5.59. The molecule has 0 bridgehead atoms. The maximum Gasteiger partial charge on any atom is 0.433 e. The molecule has 0 saturated heterocycles. The van der Waals surface area contributed by atoms with E-state index in [-0.39, 0.29) is 20.2 Å². The lowest BCUT2D eigenvalue weighted by Crippen LogP contribution is -2.49. The Bertz CT molecular complexity index is 1130. The lowest BCUT2D eigenvalue weighted by Gasteiger charge is -2.32. The highest BCUT2D eigenvalue weighted by Crippen LogP contribution is 2.56. The predicted molar refractivity (Wildman–Crippen MR) is 114 cm³/mol. The Balaban J connectivity index is 1.99. The molecule has 31 heavy (non-hydrogen) atoms. The average Bonchev–Trinajstić information content (AvgIpc) is 2.67. The molecule has 3 rings (SSSR count). The summed E-state index contributed by atoms with van der Waals surface area (Å²) in [6.45, 7) is 0. The fourth-order valence-electron chi connectivity index (χ4n) is 2.78. The molecular weight excluding hydrogens is 626 g/mol. The Morgan fingerprint density at radius 1 is 0.935 bits per heavy atom. The Hall–Kier alpha value is -1.66. The van der Waals surface area contributed by atoms with Gasteiger partial charge in [0.05, 0.1) is 11.2 Å². The normalized spacial score (nSPS) is 14.4. The van der Waals surface area contributed by atoms with Crippen molar-refractivity contribution in [2.75, 3.05) is 5.32 Å². The zero-order valence-electron chi connectivity index (χ0n) is 14.9. The molecule has 2 aromatic carbocycles. The second-order valence-electron chi connectivity index (χ2n) is 6.33. The third-order valence-electron chi connectivity index (χ3n) is 4.32. The van der Waals surface area contributed by atoms with Gasteiger partial charge in [-0.2, -0.15) is 22.0 Å². The van der Waals surface area contributed by atoms with E-state index in [0.717, 1.165) is 0 Å². The summed E-state index contributed by atoms with van der Waals surface area (Å²) >= 11 is 7.33. The minimum Gasteiger partial charge on any atom is -0.320 e. The van der Waals surface area contributed by atoms with Crippen LogP contribution in [0.3, 0.4) is 0 Å². The summed E-state index contributed by atoms with van der Waals surface area (Å²) in [6.07, 6.45) is -4.34. The van der Waals surface area contributed by atoms with Crippen molar-refractivity contribution < 1.29 is 31.1 Å². The largest absolute Gasteiger partial charge is 0.433 e. The van der Waals surface area contributed by atoms with Crippen molar-refractivity contribution in [2.45, 2.75) is 16.7 Å². The molecule has 164 valence electrons. The van der Waals surface area contributed by atoms with E-state index >= 15 is 0 Å². The molecule has 1 aromatic heterocycles. The first-order chi connectivity index (χ1) is 14.3. The number of carbonyl (C=O) groups is 1. The van der Waals surface area contributed by atoms with Crippen molar-refractivity contribution in [1.82, 2.24) is 4.98 Å². The molecule has 1 N–H and O–H groups in total. The molecule has 1 amide bonds. The number of benzene rings is 2. The van der Waals surface area contributed by atoms with Crippen LogP contribution in [0, 0.1) is 0 Å². The number of pyridine rings is 1. The van der Waals surface area contributed by atoms with Crippen LogP contribution >= 0.6 is 47.8 Å². The van der Waals surface area contributed by atoms with Crippen molar-refractivity contribution in [3.63, 3.8) is 0 Å². The number of fused-ring (bicyclic) bond motifs is 1. The lowest BCUT2D eigenvalue weighted by molar-refractivity contribution is -0.282. The van der Waals surface area contributed by atoms with Crippen molar-refractivity contribution in [3.8, 4) is 0 Å². The Labute approximate surface area is 196 Å². The molecule has 1 atom stereocenters. The minimum absolute atomic E-state index is 0.0672. The maximum absolute atomic E-state index is 14.6. The molecule has 3 nitrogen and oxygen atoms in total. The molecule has 0 aliphatic rings. The van der Waals surface area contributed by atoms with E-state index in [4.69, 9.17) is 0 Å². The summed E-state index contributed by atoms with van der Waals surface area (Å²) in [4.78, 5) is 11.8. The number of alkyl halides is 7. The Morgan fingerprint density at radius 3 is 2.10 bits per heavy atom. The quantitative estimate of drug-likeness (QED) is 0.236. The number of nitrogens with zero attached hydrogens (tertiary/aromatic N) is 1. The molecule has 0 saturated carbocycles. The highest BCUT2D eigenvalue weighted by Gasteiger charge is 2.71. The first-order valence-corrected chi connectivity index (χ1v) is 10.6. The van der Waals surface area contributed by atoms with E-state index in [1.54, 1.807) is 30.5 Å². The smallest absolute Gasteiger partial charge is 0.320 e. The molecular formula is C19H9Br3F6N2O. The van der Waals surface area contributed by atoms with Gasteiger partial charge in [-0.25, -0.2) is 4.39 Å². The second kappa shape index (κ2) is 8.36. The first kappa shape index (κ1) is 24.0. The topological polar surface area (TPSA) is 42.0 Å². The van der Waals surface area contributed by atoms with E-state index in [9.17, 15) is 31.1 Å². The van der Waals surface area contributed by atoms with Gasteiger partial charge in [-0.05, 0) is 84.2 Å². The average molecular weight is 635 g/mol. The second-order valence-corrected chi connectivity index (χ2v) is 9.04. The van der Waals surface area contributed by atoms with Crippen LogP contribution in [0.15, 0.2) is 57.6 Å². The van der Waals surface area contributed by atoms with Gasteiger partial charge in [0.15, 0.2) is 0 Å². The fourth-order valence-corrected chi connectivity index (χ4v) is 4.62. The summed E-state index contributed by atoms with van der Waals surface area (Å²) in [6, 6.07) is 9.13. The third kappa shape index (κ3) is 4.47. The van der Waals surface area contributed by atoms with Gasteiger partial charge >= 0.3 is 16.7 Å². The van der Waals surface area contributed by atoms with Crippen LogP contribution in [0.4, 0.5) is 32.0 Å². The molecule has 0 spiro atoms. The summed E-state index contributed by atoms with van der Waals surface area (Å²) in [7, 11) is 0. The molecule has 0 aliphatic heterocycles. The van der Waals surface area contributed by atoms with Crippen molar-refractivity contribution in [2.24, 2.45) is 0 Å². The maximum atomic E-state index is 14.6. The summed E-state index contributed by atoms with van der Waals surface area (Å²) < 4.78 is 81.0. The van der Waals surface area contributed by atoms with Gasteiger partial charge in [-0.3, -0.25) is 9.78 Å². The predicted octanol–water partition coefficient (Wildman–Crippen LogP) is 7.73. The molecule has 3 aromatic rings. The zero-order chi connectivity index (χ0) is 23.2. The molecule has 0 radical (unpaired) electrons.